The lowest BCUT2D eigenvalue weighted by molar-refractivity contribution is -0.128. The summed E-state index contributed by atoms with van der Waals surface area (Å²) in [6.45, 7) is 1.16. The van der Waals surface area contributed by atoms with Crippen molar-refractivity contribution in [2.24, 2.45) is 0 Å². The van der Waals surface area contributed by atoms with E-state index in [9.17, 15) is 4.79 Å². The molecule has 1 aliphatic heterocycles. The number of amides is 1. The summed E-state index contributed by atoms with van der Waals surface area (Å²) >= 11 is 0. The fourth-order valence-electron chi connectivity index (χ4n) is 2.07. The van der Waals surface area contributed by atoms with E-state index in [0.717, 1.165) is 19.4 Å². The summed E-state index contributed by atoms with van der Waals surface area (Å²) in [6.07, 6.45) is 8.18. The number of hydrogen-bond donors (Lipinski definition) is 1. The monoisotopic (exact) mass is 212 g/mol. The molecule has 1 fully saturated rings. The van der Waals surface area contributed by atoms with Crippen molar-refractivity contribution in [3.8, 4) is 0 Å². The van der Waals surface area contributed by atoms with Crippen LogP contribution >= 0.6 is 0 Å². The molecule has 88 valence electrons. The van der Waals surface area contributed by atoms with Crippen LogP contribution in [0, 0.1) is 0 Å². The van der Waals surface area contributed by atoms with Crippen molar-refractivity contribution >= 4 is 5.91 Å². The van der Waals surface area contributed by atoms with Gasteiger partial charge >= 0.3 is 0 Å². The number of carbonyl (C=O) groups is 1. The third-order valence-corrected chi connectivity index (χ3v) is 3.10. The van der Waals surface area contributed by atoms with Gasteiger partial charge in [-0.05, 0) is 32.2 Å². The van der Waals surface area contributed by atoms with E-state index < -0.39 is 0 Å². The van der Waals surface area contributed by atoms with Crippen LogP contribution in [0.15, 0.2) is 0 Å². The zero-order valence-electron chi connectivity index (χ0n) is 10.1. The molecule has 0 aromatic rings. The van der Waals surface area contributed by atoms with Gasteiger partial charge in [0.25, 0.3) is 0 Å². The topological polar surface area (TPSA) is 32.3 Å². The van der Waals surface area contributed by atoms with E-state index in [-0.39, 0.29) is 5.91 Å². The van der Waals surface area contributed by atoms with E-state index in [2.05, 4.69) is 5.32 Å². The molecule has 3 heteroatoms. The summed E-state index contributed by atoms with van der Waals surface area (Å²) in [7, 11) is 3.65. The summed E-state index contributed by atoms with van der Waals surface area (Å²) in [6, 6.07) is 0.655. The molecule has 0 radical (unpaired) electrons. The second kappa shape index (κ2) is 6.83. The molecule has 1 amide bonds. The Balaban J connectivity index is 2.10. The second-order valence-electron chi connectivity index (χ2n) is 4.68. The van der Waals surface area contributed by atoms with E-state index in [1.165, 1.54) is 25.7 Å². The maximum atomic E-state index is 11.4. The summed E-state index contributed by atoms with van der Waals surface area (Å²) in [5.74, 6) is 0.253. The number of rotatable bonds is 4. The smallest absolute Gasteiger partial charge is 0.222 e. The SMILES string of the molecule is CN(C)C(=O)CCCC1CCCCCN1. The predicted octanol–water partition coefficient (Wildman–Crippen LogP) is 1.78. The van der Waals surface area contributed by atoms with Gasteiger partial charge in [-0.2, -0.15) is 0 Å². The first-order chi connectivity index (χ1) is 7.20. The minimum Gasteiger partial charge on any atom is -0.349 e. The fraction of sp³-hybridized carbons (Fsp3) is 0.917. The van der Waals surface area contributed by atoms with Crippen LogP contribution in [0.2, 0.25) is 0 Å². The van der Waals surface area contributed by atoms with Gasteiger partial charge in [-0.1, -0.05) is 12.8 Å². The molecule has 0 aliphatic carbocycles. The average molecular weight is 212 g/mol. The Labute approximate surface area is 93.2 Å². The van der Waals surface area contributed by atoms with Gasteiger partial charge in [-0.25, -0.2) is 0 Å². The fourth-order valence-corrected chi connectivity index (χ4v) is 2.07. The van der Waals surface area contributed by atoms with E-state index >= 15 is 0 Å². The van der Waals surface area contributed by atoms with Gasteiger partial charge in [0.1, 0.15) is 0 Å². The highest BCUT2D eigenvalue weighted by molar-refractivity contribution is 5.75. The second-order valence-corrected chi connectivity index (χ2v) is 4.68. The first-order valence-corrected chi connectivity index (χ1v) is 6.13. The van der Waals surface area contributed by atoms with Crippen molar-refractivity contribution < 1.29 is 4.79 Å². The van der Waals surface area contributed by atoms with Crippen molar-refractivity contribution in [1.82, 2.24) is 10.2 Å². The molecule has 1 unspecified atom stereocenters. The molecule has 0 bridgehead atoms. The molecule has 1 saturated heterocycles. The van der Waals surface area contributed by atoms with Crippen LogP contribution in [0.5, 0.6) is 0 Å². The van der Waals surface area contributed by atoms with Gasteiger partial charge in [0.2, 0.25) is 5.91 Å². The Morgan fingerprint density at radius 1 is 1.33 bits per heavy atom. The number of nitrogens with one attached hydrogen (secondary N) is 1. The number of carbonyl (C=O) groups excluding carboxylic acids is 1. The number of nitrogens with zero attached hydrogens (tertiary/aromatic N) is 1. The van der Waals surface area contributed by atoms with Crippen LogP contribution in [-0.2, 0) is 4.79 Å². The zero-order valence-corrected chi connectivity index (χ0v) is 10.1. The minimum absolute atomic E-state index is 0.253. The maximum absolute atomic E-state index is 11.4. The molecule has 1 heterocycles. The van der Waals surface area contributed by atoms with Gasteiger partial charge in [0.05, 0.1) is 0 Å². The molecule has 0 aromatic carbocycles. The van der Waals surface area contributed by atoms with Crippen molar-refractivity contribution in [2.75, 3.05) is 20.6 Å². The summed E-state index contributed by atoms with van der Waals surface area (Å²) in [5.41, 5.74) is 0. The first kappa shape index (κ1) is 12.5. The molecule has 1 atom stereocenters. The molecule has 3 nitrogen and oxygen atoms in total. The quantitative estimate of drug-likeness (QED) is 0.770. The van der Waals surface area contributed by atoms with Crippen molar-refractivity contribution in [3.63, 3.8) is 0 Å². The van der Waals surface area contributed by atoms with Crippen LogP contribution in [0.25, 0.3) is 0 Å². The van der Waals surface area contributed by atoms with Crippen LogP contribution in [0.3, 0.4) is 0 Å². The minimum atomic E-state index is 0.253. The van der Waals surface area contributed by atoms with Gasteiger partial charge in [-0.3, -0.25) is 4.79 Å². The van der Waals surface area contributed by atoms with Crippen molar-refractivity contribution in [1.29, 1.82) is 0 Å². The molecule has 0 spiro atoms. The highest BCUT2D eigenvalue weighted by Crippen LogP contribution is 2.13. The average Bonchev–Trinajstić information content (AvgIpc) is 2.46. The lowest BCUT2D eigenvalue weighted by Crippen LogP contribution is -2.28. The lowest BCUT2D eigenvalue weighted by Gasteiger charge is -2.16. The highest BCUT2D eigenvalue weighted by Gasteiger charge is 2.12. The van der Waals surface area contributed by atoms with E-state index in [1.54, 1.807) is 4.90 Å². The van der Waals surface area contributed by atoms with Crippen LogP contribution in [0.1, 0.15) is 44.9 Å². The molecule has 1 rings (SSSR count). The maximum Gasteiger partial charge on any atom is 0.222 e. The Morgan fingerprint density at radius 2 is 2.13 bits per heavy atom. The predicted molar refractivity (Wildman–Crippen MR) is 62.8 cm³/mol. The Bertz CT molecular complexity index is 184. The zero-order chi connectivity index (χ0) is 11.1. The van der Waals surface area contributed by atoms with E-state index in [0.29, 0.717) is 12.5 Å². The summed E-state index contributed by atoms with van der Waals surface area (Å²) in [4.78, 5) is 13.0. The molecule has 15 heavy (non-hydrogen) atoms. The van der Waals surface area contributed by atoms with Crippen LogP contribution < -0.4 is 5.32 Å². The van der Waals surface area contributed by atoms with Gasteiger partial charge in [-0.15, -0.1) is 0 Å². The Kier molecular flexibility index (Phi) is 5.69. The molecule has 0 saturated carbocycles. The van der Waals surface area contributed by atoms with Gasteiger partial charge < -0.3 is 10.2 Å². The van der Waals surface area contributed by atoms with E-state index in [4.69, 9.17) is 0 Å². The van der Waals surface area contributed by atoms with Gasteiger partial charge in [0.15, 0.2) is 0 Å². The van der Waals surface area contributed by atoms with Crippen molar-refractivity contribution in [3.05, 3.63) is 0 Å². The Morgan fingerprint density at radius 3 is 2.87 bits per heavy atom. The number of hydrogen-bond acceptors (Lipinski definition) is 2. The molecule has 1 aliphatic rings. The third-order valence-electron chi connectivity index (χ3n) is 3.10. The highest BCUT2D eigenvalue weighted by atomic mass is 16.2. The largest absolute Gasteiger partial charge is 0.349 e. The summed E-state index contributed by atoms with van der Waals surface area (Å²) < 4.78 is 0. The normalized spacial score (nSPS) is 22.1. The molecule has 1 N–H and O–H groups in total. The molecular weight excluding hydrogens is 188 g/mol. The van der Waals surface area contributed by atoms with Gasteiger partial charge in [0, 0.05) is 26.6 Å². The Hall–Kier alpha value is -0.570. The van der Waals surface area contributed by atoms with Crippen molar-refractivity contribution in [2.45, 2.75) is 51.0 Å². The molecule has 0 aromatic heterocycles. The molecular formula is C12H24N2O. The summed E-state index contributed by atoms with van der Waals surface area (Å²) in [5, 5.41) is 3.56. The van der Waals surface area contributed by atoms with Crippen LogP contribution in [-0.4, -0.2) is 37.5 Å². The lowest BCUT2D eigenvalue weighted by atomic mass is 10.0. The van der Waals surface area contributed by atoms with Crippen LogP contribution in [0.4, 0.5) is 0 Å². The first-order valence-electron chi connectivity index (χ1n) is 6.13. The third kappa shape index (κ3) is 5.17. The standard InChI is InChI=1S/C12H24N2O/c1-14(2)12(15)9-6-8-11-7-4-3-5-10-13-11/h11,13H,3-10H2,1-2H3. The van der Waals surface area contributed by atoms with E-state index in [1.807, 2.05) is 14.1 Å².